The number of pyridine rings is 1. The molecule has 4 aromatic rings. The van der Waals surface area contributed by atoms with E-state index in [4.69, 9.17) is 9.47 Å². The van der Waals surface area contributed by atoms with Gasteiger partial charge in [0.1, 0.15) is 11.7 Å². The topological polar surface area (TPSA) is 31.4 Å². The fourth-order valence-corrected chi connectivity index (χ4v) is 4.21. The Labute approximate surface area is 177 Å². The normalized spacial score (nSPS) is 15.4. The summed E-state index contributed by atoms with van der Waals surface area (Å²) in [6, 6.07) is 35.3. The summed E-state index contributed by atoms with van der Waals surface area (Å²) in [4.78, 5) is 4.35. The zero-order valence-electron chi connectivity index (χ0n) is 16.6. The Morgan fingerprint density at radius 1 is 0.733 bits per heavy atom. The summed E-state index contributed by atoms with van der Waals surface area (Å²) in [5.74, 6) is 0.718. The Balaban J connectivity index is 1.56. The third-order valence-corrected chi connectivity index (χ3v) is 5.60. The van der Waals surface area contributed by atoms with Crippen LogP contribution in [0.5, 0.6) is 5.88 Å². The molecule has 0 bridgehead atoms. The van der Waals surface area contributed by atoms with Crippen LogP contribution >= 0.6 is 0 Å². The van der Waals surface area contributed by atoms with Crippen molar-refractivity contribution in [2.24, 2.45) is 0 Å². The molecule has 0 N–H and O–H groups in total. The van der Waals surface area contributed by atoms with Gasteiger partial charge in [0.25, 0.3) is 0 Å². The maximum atomic E-state index is 6.85. The SMILES string of the molecule is c1ccc(C(OCC2Cc3cccnc3O2)(c2ccccc2)c2ccccc2)cc1. The van der Waals surface area contributed by atoms with Gasteiger partial charge >= 0.3 is 0 Å². The lowest BCUT2D eigenvalue weighted by Gasteiger charge is -2.36. The molecule has 1 unspecified atom stereocenters. The molecule has 3 nitrogen and oxygen atoms in total. The van der Waals surface area contributed by atoms with E-state index in [9.17, 15) is 0 Å². The van der Waals surface area contributed by atoms with Crippen molar-refractivity contribution in [1.82, 2.24) is 4.98 Å². The van der Waals surface area contributed by atoms with Gasteiger partial charge in [-0.1, -0.05) is 97.1 Å². The predicted molar refractivity (Wildman–Crippen MR) is 118 cm³/mol. The van der Waals surface area contributed by atoms with E-state index in [1.54, 1.807) is 6.20 Å². The quantitative estimate of drug-likeness (QED) is 0.411. The van der Waals surface area contributed by atoms with Crippen molar-refractivity contribution in [3.05, 3.63) is 132 Å². The Morgan fingerprint density at radius 3 is 1.77 bits per heavy atom. The maximum absolute atomic E-state index is 6.85. The largest absolute Gasteiger partial charge is 0.471 e. The summed E-state index contributed by atoms with van der Waals surface area (Å²) >= 11 is 0. The molecule has 0 spiro atoms. The van der Waals surface area contributed by atoms with Crippen molar-refractivity contribution in [2.45, 2.75) is 18.1 Å². The van der Waals surface area contributed by atoms with E-state index in [2.05, 4.69) is 83.8 Å². The molecular weight excluding hydrogens is 370 g/mol. The number of ether oxygens (including phenoxy) is 2. The number of fused-ring (bicyclic) bond motifs is 1. The fourth-order valence-electron chi connectivity index (χ4n) is 4.21. The minimum absolute atomic E-state index is 0.0644. The lowest BCUT2D eigenvalue weighted by atomic mass is 9.80. The van der Waals surface area contributed by atoms with Crippen LogP contribution in [-0.2, 0) is 16.8 Å². The molecule has 2 heterocycles. The van der Waals surface area contributed by atoms with E-state index in [0.717, 1.165) is 34.6 Å². The number of aromatic nitrogens is 1. The molecule has 0 fully saturated rings. The lowest BCUT2D eigenvalue weighted by Crippen LogP contribution is -2.36. The fraction of sp³-hybridized carbons (Fsp3) is 0.148. The molecule has 30 heavy (non-hydrogen) atoms. The lowest BCUT2D eigenvalue weighted by molar-refractivity contribution is -0.0258. The molecule has 5 rings (SSSR count). The monoisotopic (exact) mass is 393 g/mol. The molecule has 0 aliphatic carbocycles. The van der Waals surface area contributed by atoms with Gasteiger partial charge in [-0.25, -0.2) is 4.98 Å². The highest BCUT2D eigenvalue weighted by molar-refractivity contribution is 5.47. The van der Waals surface area contributed by atoms with Crippen LogP contribution in [0.15, 0.2) is 109 Å². The van der Waals surface area contributed by atoms with Crippen molar-refractivity contribution in [3.8, 4) is 5.88 Å². The molecule has 148 valence electrons. The van der Waals surface area contributed by atoms with Gasteiger partial charge in [-0.3, -0.25) is 0 Å². The number of hydrogen-bond acceptors (Lipinski definition) is 3. The minimum Gasteiger partial charge on any atom is -0.471 e. The van der Waals surface area contributed by atoms with Gasteiger partial charge in [0.05, 0.1) is 6.61 Å². The van der Waals surface area contributed by atoms with Gasteiger partial charge in [-0.15, -0.1) is 0 Å². The molecule has 0 amide bonds. The third kappa shape index (κ3) is 3.38. The van der Waals surface area contributed by atoms with Crippen molar-refractivity contribution < 1.29 is 9.47 Å². The van der Waals surface area contributed by atoms with Crippen LogP contribution in [0.4, 0.5) is 0 Å². The molecule has 1 aliphatic heterocycles. The van der Waals surface area contributed by atoms with Crippen LogP contribution in [0.25, 0.3) is 0 Å². The summed E-state index contributed by atoms with van der Waals surface area (Å²) in [5.41, 5.74) is 3.69. The Morgan fingerprint density at radius 2 is 1.27 bits per heavy atom. The Bertz CT molecular complexity index is 976. The van der Waals surface area contributed by atoms with Gasteiger partial charge in [-0.05, 0) is 22.8 Å². The van der Waals surface area contributed by atoms with E-state index < -0.39 is 5.60 Å². The second-order valence-electron chi connectivity index (χ2n) is 7.50. The van der Waals surface area contributed by atoms with Crippen molar-refractivity contribution in [2.75, 3.05) is 6.61 Å². The molecule has 0 saturated carbocycles. The average molecular weight is 393 g/mol. The highest BCUT2D eigenvalue weighted by atomic mass is 16.6. The second kappa shape index (κ2) is 8.13. The van der Waals surface area contributed by atoms with Crippen LogP contribution in [0.2, 0.25) is 0 Å². The van der Waals surface area contributed by atoms with Gasteiger partial charge in [-0.2, -0.15) is 0 Å². The summed E-state index contributed by atoms with van der Waals surface area (Å²) in [7, 11) is 0. The van der Waals surface area contributed by atoms with Crippen LogP contribution in [0.3, 0.4) is 0 Å². The zero-order chi connectivity index (χ0) is 20.2. The van der Waals surface area contributed by atoms with Crippen molar-refractivity contribution in [1.29, 1.82) is 0 Å². The predicted octanol–water partition coefficient (Wildman–Crippen LogP) is 5.39. The number of benzene rings is 3. The smallest absolute Gasteiger partial charge is 0.216 e. The van der Waals surface area contributed by atoms with E-state index in [1.807, 2.05) is 24.3 Å². The van der Waals surface area contributed by atoms with Crippen molar-refractivity contribution in [3.63, 3.8) is 0 Å². The molecule has 1 aromatic heterocycles. The van der Waals surface area contributed by atoms with Crippen LogP contribution in [0.1, 0.15) is 22.3 Å². The van der Waals surface area contributed by atoms with E-state index in [1.165, 1.54) is 0 Å². The number of nitrogens with zero attached hydrogens (tertiary/aromatic N) is 1. The summed E-state index contributed by atoms with van der Waals surface area (Å²) in [5, 5.41) is 0. The first-order valence-corrected chi connectivity index (χ1v) is 10.3. The molecule has 0 saturated heterocycles. The van der Waals surface area contributed by atoms with Gasteiger partial charge < -0.3 is 9.47 Å². The number of rotatable bonds is 6. The molecule has 1 aliphatic rings. The van der Waals surface area contributed by atoms with Crippen molar-refractivity contribution >= 4 is 0 Å². The highest BCUT2D eigenvalue weighted by Gasteiger charge is 2.39. The molecular formula is C27H23NO2. The van der Waals surface area contributed by atoms with Gasteiger partial charge in [0, 0.05) is 18.2 Å². The van der Waals surface area contributed by atoms with Gasteiger partial charge in [0.15, 0.2) is 0 Å². The first kappa shape index (κ1) is 18.6. The first-order valence-electron chi connectivity index (χ1n) is 10.3. The summed E-state index contributed by atoms with van der Waals surface area (Å²) in [6.07, 6.45) is 2.51. The average Bonchev–Trinajstić information content (AvgIpc) is 3.25. The second-order valence-corrected chi connectivity index (χ2v) is 7.50. The minimum atomic E-state index is -0.727. The maximum Gasteiger partial charge on any atom is 0.216 e. The molecule has 3 heteroatoms. The molecule has 0 radical (unpaired) electrons. The first-order chi connectivity index (χ1) is 14.9. The van der Waals surface area contributed by atoms with Crippen LogP contribution in [0, 0.1) is 0 Å². The summed E-state index contributed by atoms with van der Waals surface area (Å²) in [6.45, 7) is 0.453. The Hall–Kier alpha value is -3.43. The molecule has 1 atom stereocenters. The van der Waals surface area contributed by atoms with Gasteiger partial charge in [0.2, 0.25) is 5.88 Å². The van der Waals surface area contributed by atoms with Crippen LogP contribution in [-0.4, -0.2) is 17.7 Å². The standard InChI is InChI=1S/C27H23NO2/c1-4-12-22(13-5-1)27(23-14-6-2-7-15-23,24-16-8-3-9-17-24)29-20-25-19-21-11-10-18-28-26(21)30-25/h1-18,25H,19-20H2. The van der Waals surface area contributed by atoms with E-state index >= 15 is 0 Å². The van der Waals surface area contributed by atoms with Crippen LogP contribution < -0.4 is 4.74 Å². The zero-order valence-corrected chi connectivity index (χ0v) is 16.6. The van der Waals surface area contributed by atoms with E-state index in [-0.39, 0.29) is 6.10 Å². The highest BCUT2D eigenvalue weighted by Crippen LogP contribution is 2.41. The third-order valence-electron chi connectivity index (χ3n) is 5.60. The van der Waals surface area contributed by atoms with E-state index in [0.29, 0.717) is 6.61 Å². The number of hydrogen-bond donors (Lipinski definition) is 0. The summed E-state index contributed by atoms with van der Waals surface area (Å²) < 4.78 is 12.9. The molecule has 3 aromatic carbocycles. The Kier molecular flexibility index (Phi) is 5.04.